The first-order valence-electron chi connectivity index (χ1n) is 6.64. The molecular formula is C14H16FN3S3. The van der Waals surface area contributed by atoms with E-state index in [2.05, 4.69) is 27.2 Å². The minimum atomic E-state index is -0.485. The van der Waals surface area contributed by atoms with Gasteiger partial charge in [-0.1, -0.05) is 6.07 Å². The minimum Gasteiger partial charge on any atom is -0.370 e. The van der Waals surface area contributed by atoms with Gasteiger partial charge < -0.3 is 11.1 Å². The van der Waals surface area contributed by atoms with Crippen LogP contribution in [0, 0.1) is 6.92 Å². The number of aromatic nitrogens is 1. The second-order valence-electron chi connectivity index (χ2n) is 4.89. The number of hydrogen-bond acceptors (Lipinski definition) is 6. The van der Waals surface area contributed by atoms with E-state index in [9.17, 15) is 4.39 Å². The van der Waals surface area contributed by atoms with Crippen LogP contribution >= 0.6 is 34.2 Å². The van der Waals surface area contributed by atoms with Gasteiger partial charge in [-0.3, -0.25) is 0 Å². The topological polar surface area (TPSA) is 50.9 Å². The first kappa shape index (κ1) is 14.9. The standard InChI is InChI=1S/C14H16FN3S3/c1-8-11(5-9(16)6-15)20-13-12(8)18-21-14(13)17-7-10-3-2-4-19-10/h2-4,9,17H,5-7,16H2,1H3/t9-/m1/s1. The minimum absolute atomic E-state index is 0.419. The Bertz CT molecular complexity index is 717. The number of aryl methyl sites for hydroxylation is 1. The maximum atomic E-state index is 12.6. The maximum Gasteiger partial charge on any atom is 0.127 e. The van der Waals surface area contributed by atoms with Crippen molar-refractivity contribution in [3.8, 4) is 0 Å². The Balaban J connectivity index is 1.82. The van der Waals surface area contributed by atoms with Gasteiger partial charge in [0.1, 0.15) is 17.2 Å². The molecule has 0 aliphatic rings. The third-order valence-corrected chi connectivity index (χ3v) is 6.43. The molecule has 0 aliphatic heterocycles. The average Bonchev–Trinajstić information content (AvgIpc) is 3.17. The van der Waals surface area contributed by atoms with Crippen molar-refractivity contribution in [1.29, 1.82) is 0 Å². The van der Waals surface area contributed by atoms with Crippen molar-refractivity contribution in [3.63, 3.8) is 0 Å². The lowest BCUT2D eigenvalue weighted by atomic mass is 10.1. The fourth-order valence-electron chi connectivity index (χ4n) is 2.13. The predicted octanol–water partition coefficient (Wildman–Crippen LogP) is 4.18. The second-order valence-corrected chi connectivity index (χ2v) is 7.80. The van der Waals surface area contributed by atoms with Crippen molar-refractivity contribution in [1.82, 2.24) is 4.37 Å². The summed E-state index contributed by atoms with van der Waals surface area (Å²) in [6.45, 7) is 2.37. The summed E-state index contributed by atoms with van der Waals surface area (Å²) >= 11 is 4.90. The van der Waals surface area contributed by atoms with Gasteiger partial charge >= 0.3 is 0 Å². The summed E-state index contributed by atoms with van der Waals surface area (Å²) in [5, 5.41) is 6.61. The number of halogens is 1. The molecule has 0 fully saturated rings. The molecule has 3 heterocycles. The van der Waals surface area contributed by atoms with Crippen LogP contribution in [0.2, 0.25) is 0 Å². The number of thiophene rings is 2. The zero-order chi connectivity index (χ0) is 14.8. The molecule has 0 bridgehead atoms. The van der Waals surface area contributed by atoms with Crippen molar-refractivity contribution >= 4 is 49.4 Å². The molecule has 0 unspecified atom stereocenters. The highest BCUT2D eigenvalue weighted by Gasteiger charge is 2.17. The van der Waals surface area contributed by atoms with Gasteiger partial charge in [0.2, 0.25) is 0 Å². The molecule has 7 heteroatoms. The number of alkyl halides is 1. The van der Waals surface area contributed by atoms with Crippen LogP contribution in [0.4, 0.5) is 9.39 Å². The largest absolute Gasteiger partial charge is 0.370 e. The molecule has 21 heavy (non-hydrogen) atoms. The molecule has 0 radical (unpaired) electrons. The highest BCUT2D eigenvalue weighted by molar-refractivity contribution is 7.24. The van der Waals surface area contributed by atoms with E-state index in [1.807, 2.05) is 6.92 Å². The zero-order valence-electron chi connectivity index (χ0n) is 11.6. The fraction of sp³-hybridized carbons (Fsp3) is 0.357. The lowest BCUT2D eigenvalue weighted by Crippen LogP contribution is -2.24. The fourth-order valence-corrected chi connectivity index (χ4v) is 5.05. The highest BCUT2D eigenvalue weighted by atomic mass is 32.1. The number of nitrogens with zero attached hydrogens (tertiary/aromatic N) is 1. The van der Waals surface area contributed by atoms with Crippen molar-refractivity contribution in [3.05, 3.63) is 32.8 Å². The van der Waals surface area contributed by atoms with Crippen molar-refractivity contribution in [2.75, 3.05) is 12.0 Å². The Morgan fingerprint density at radius 3 is 3.05 bits per heavy atom. The molecule has 0 amide bonds. The van der Waals surface area contributed by atoms with Crippen LogP contribution in [0.15, 0.2) is 17.5 Å². The first-order valence-corrected chi connectivity index (χ1v) is 9.11. The van der Waals surface area contributed by atoms with E-state index in [1.54, 1.807) is 22.7 Å². The Labute approximate surface area is 134 Å². The molecule has 0 saturated heterocycles. The van der Waals surface area contributed by atoms with Crippen LogP contribution < -0.4 is 11.1 Å². The molecular weight excluding hydrogens is 325 g/mol. The smallest absolute Gasteiger partial charge is 0.127 e. The SMILES string of the molecule is Cc1c(C[C@@H](N)CF)sc2c(NCc3cccs3)snc12. The normalized spacial score (nSPS) is 12.9. The third kappa shape index (κ3) is 3.11. The van der Waals surface area contributed by atoms with Crippen LogP contribution in [0.3, 0.4) is 0 Å². The van der Waals surface area contributed by atoms with E-state index in [1.165, 1.54) is 16.4 Å². The molecule has 112 valence electrons. The number of fused-ring (bicyclic) bond motifs is 1. The van der Waals surface area contributed by atoms with Crippen molar-refractivity contribution < 1.29 is 4.39 Å². The average molecular weight is 342 g/mol. The van der Waals surface area contributed by atoms with Gasteiger partial charge in [-0.15, -0.1) is 22.7 Å². The van der Waals surface area contributed by atoms with Gasteiger partial charge in [0.25, 0.3) is 0 Å². The lowest BCUT2D eigenvalue weighted by molar-refractivity contribution is 0.428. The molecule has 3 rings (SSSR count). The van der Waals surface area contributed by atoms with Crippen LogP contribution in [0.25, 0.3) is 10.2 Å². The molecule has 1 atom stereocenters. The maximum absolute atomic E-state index is 12.6. The number of rotatable bonds is 6. The first-order chi connectivity index (χ1) is 10.2. The molecule has 3 nitrogen and oxygen atoms in total. The van der Waals surface area contributed by atoms with Crippen LogP contribution in [-0.2, 0) is 13.0 Å². The van der Waals surface area contributed by atoms with Crippen molar-refractivity contribution in [2.45, 2.75) is 25.9 Å². The number of anilines is 1. The summed E-state index contributed by atoms with van der Waals surface area (Å²) < 4.78 is 18.3. The lowest BCUT2D eigenvalue weighted by Gasteiger charge is -2.05. The summed E-state index contributed by atoms with van der Waals surface area (Å²) in [4.78, 5) is 2.44. The van der Waals surface area contributed by atoms with E-state index in [0.717, 1.165) is 32.2 Å². The van der Waals surface area contributed by atoms with Crippen molar-refractivity contribution in [2.24, 2.45) is 5.73 Å². The van der Waals surface area contributed by atoms with E-state index in [0.29, 0.717) is 6.42 Å². The Morgan fingerprint density at radius 1 is 1.48 bits per heavy atom. The van der Waals surface area contributed by atoms with Gasteiger partial charge in [0.15, 0.2) is 0 Å². The Morgan fingerprint density at radius 2 is 2.33 bits per heavy atom. The van der Waals surface area contributed by atoms with E-state index in [-0.39, 0.29) is 0 Å². The summed E-state index contributed by atoms with van der Waals surface area (Å²) in [5.74, 6) is 0. The van der Waals surface area contributed by atoms with Gasteiger partial charge in [-0.05, 0) is 41.9 Å². The second kappa shape index (κ2) is 6.39. The number of nitrogens with one attached hydrogen (secondary N) is 1. The van der Waals surface area contributed by atoms with Crippen LogP contribution in [0.1, 0.15) is 15.3 Å². The summed E-state index contributed by atoms with van der Waals surface area (Å²) in [6.07, 6.45) is 0.582. The molecule has 0 aliphatic carbocycles. The third-order valence-electron chi connectivity index (χ3n) is 3.30. The molecule has 3 aromatic rings. The van der Waals surface area contributed by atoms with Gasteiger partial charge in [0, 0.05) is 15.8 Å². The molecule has 0 spiro atoms. The number of nitrogens with two attached hydrogens (primary N) is 1. The van der Waals surface area contributed by atoms with Gasteiger partial charge in [-0.25, -0.2) is 4.39 Å². The van der Waals surface area contributed by atoms with Gasteiger partial charge in [-0.2, -0.15) is 4.37 Å². The quantitative estimate of drug-likeness (QED) is 0.707. The molecule has 0 aromatic carbocycles. The predicted molar refractivity (Wildman–Crippen MR) is 91.5 cm³/mol. The zero-order valence-corrected chi connectivity index (χ0v) is 14.0. The summed E-state index contributed by atoms with van der Waals surface area (Å²) in [6, 6.07) is 3.74. The van der Waals surface area contributed by atoms with Gasteiger partial charge in [0.05, 0.1) is 11.2 Å². The summed E-state index contributed by atoms with van der Waals surface area (Å²) in [7, 11) is 0. The van der Waals surface area contributed by atoms with Crippen LogP contribution in [0.5, 0.6) is 0 Å². The van der Waals surface area contributed by atoms with E-state index in [4.69, 9.17) is 5.73 Å². The molecule has 3 aromatic heterocycles. The molecule has 0 saturated carbocycles. The Hall–Kier alpha value is -1.02. The molecule has 3 N–H and O–H groups in total. The number of hydrogen-bond donors (Lipinski definition) is 2. The highest BCUT2D eigenvalue weighted by Crippen LogP contribution is 2.39. The van der Waals surface area contributed by atoms with E-state index >= 15 is 0 Å². The van der Waals surface area contributed by atoms with E-state index < -0.39 is 12.7 Å². The monoisotopic (exact) mass is 341 g/mol. The van der Waals surface area contributed by atoms with Crippen LogP contribution in [-0.4, -0.2) is 17.1 Å². The Kier molecular flexibility index (Phi) is 4.54. The summed E-state index contributed by atoms with van der Waals surface area (Å²) in [5.41, 5.74) is 7.89.